The summed E-state index contributed by atoms with van der Waals surface area (Å²) in [5, 5.41) is 1.02. The first kappa shape index (κ1) is 18.0. The standard InChI is InChI=1S/C13H17N3OS.2BrH/c1-2-4-12-11(3-1)14-13(15-12)18-10-7-16-5-8-17-9-6-16;;/h1-4H,5-10H2,(H,14,15);2*1H. The molecular formula is C13H19Br2N3OS. The van der Waals surface area contributed by atoms with Gasteiger partial charge in [0.2, 0.25) is 0 Å². The zero-order chi connectivity index (χ0) is 12.2. The van der Waals surface area contributed by atoms with Crippen LogP contribution in [0, 0.1) is 0 Å². The second kappa shape index (κ2) is 9.04. The van der Waals surface area contributed by atoms with Gasteiger partial charge in [-0.15, -0.1) is 34.0 Å². The van der Waals surface area contributed by atoms with Crippen LogP contribution < -0.4 is 0 Å². The van der Waals surface area contributed by atoms with E-state index in [1.54, 1.807) is 11.8 Å². The van der Waals surface area contributed by atoms with E-state index in [9.17, 15) is 0 Å². The number of thioether (sulfide) groups is 1. The van der Waals surface area contributed by atoms with Gasteiger partial charge >= 0.3 is 0 Å². The van der Waals surface area contributed by atoms with Crippen molar-refractivity contribution in [3.8, 4) is 0 Å². The number of nitrogens with zero attached hydrogens (tertiary/aromatic N) is 2. The van der Waals surface area contributed by atoms with Crippen molar-refractivity contribution >= 4 is 56.8 Å². The SMILES string of the molecule is Br.Br.c1ccc2[nH]c(SCCN3CCOCC3)nc2c1. The highest BCUT2D eigenvalue weighted by Crippen LogP contribution is 2.19. The van der Waals surface area contributed by atoms with E-state index in [-0.39, 0.29) is 34.0 Å². The Kier molecular flexibility index (Phi) is 8.13. The molecule has 2 aromatic rings. The molecular weight excluding hydrogens is 406 g/mol. The highest BCUT2D eigenvalue weighted by molar-refractivity contribution is 8.93. The van der Waals surface area contributed by atoms with Crippen molar-refractivity contribution in [2.45, 2.75) is 5.16 Å². The number of aromatic nitrogens is 2. The van der Waals surface area contributed by atoms with Crippen molar-refractivity contribution in [2.24, 2.45) is 0 Å². The largest absolute Gasteiger partial charge is 0.379 e. The Morgan fingerprint density at radius 2 is 1.95 bits per heavy atom. The highest BCUT2D eigenvalue weighted by atomic mass is 79.9. The van der Waals surface area contributed by atoms with Gasteiger partial charge in [-0.05, 0) is 12.1 Å². The number of halogens is 2. The van der Waals surface area contributed by atoms with Crippen LogP contribution in [0.4, 0.5) is 0 Å². The maximum atomic E-state index is 5.34. The summed E-state index contributed by atoms with van der Waals surface area (Å²) in [7, 11) is 0. The van der Waals surface area contributed by atoms with Gasteiger partial charge in [0.15, 0.2) is 5.16 Å². The number of imidazole rings is 1. The van der Waals surface area contributed by atoms with Crippen LogP contribution in [0.3, 0.4) is 0 Å². The Labute approximate surface area is 144 Å². The summed E-state index contributed by atoms with van der Waals surface area (Å²) in [5.41, 5.74) is 2.16. The number of morpholine rings is 1. The molecule has 1 fully saturated rings. The fourth-order valence-corrected chi connectivity index (χ4v) is 2.98. The van der Waals surface area contributed by atoms with Gasteiger partial charge in [-0.2, -0.15) is 0 Å². The van der Waals surface area contributed by atoms with Crippen molar-refractivity contribution in [3.63, 3.8) is 0 Å². The minimum atomic E-state index is 0. The highest BCUT2D eigenvalue weighted by Gasteiger charge is 2.10. The molecule has 0 amide bonds. The minimum Gasteiger partial charge on any atom is -0.379 e. The number of hydrogen-bond acceptors (Lipinski definition) is 4. The summed E-state index contributed by atoms with van der Waals surface area (Å²) in [4.78, 5) is 10.3. The Bertz CT molecular complexity index is 484. The molecule has 20 heavy (non-hydrogen) atoms. The van der Waals surface area contributed by atoms with Crippen LogP contribution in [0.25, 0.3) is 11.0 Å². The van der Waals surface area contributed by atoms with Crippen molar-refractivity contribution in [3.05, 3.63) is 24.3 Å². The molecule has 1 aromatic carbocycles. The van der Waals surface area contributed by atoms with Crippen molar-refractivity contribution < 1.29 is 4.74 Å². The Hall–Kier alpha value is -0.0800. The van der Waals surface area contributed by atoms with Crippen LogP contribution in [0.2, 0.25) is 0 Å². The average Bonchev–Trinajstić information content (AvgIpc) is 2.82. The first-order valence-electron chi connectivity index (χ1n) is 6.29. The lowest BCUT2D eigenvalue weighted by Gasteiger charge is -2.26. The first-order valence-corrected chi connectivity index (χ1v) is 7.28. The molecule has 112 valence electrons. The fourth-order valence-electron chi connectivity index (χ4n) is 2.09. The van der Waals surface area contributed by atoms with E-state index in [0.29, 0.717) is 0 Å². The molecule has 1 aliphatic heterocycles. The number of rotatable bonds is 4. The molecule has 0 atom stereocenters. The summed E-state index contributed by atoms with van der Waals surface area (Å²) >= 11 is 1.79. The van der Waals surface area contributed by atoms with Crippen molar-refractivity contribution in [1.82, 2.24) is 14.9 Å². The maximum absolute atomic E-state index is 5.34. The van der Waals surface area contributed by atoms with Crippen LogP contribution in [0.1, 0.15) is 0 Å². The number of hydrogen-bond donors (Lipinski definition) is 1. The number of benzene rings is 1. The average molecular weight is 425 g/mol. The minimum absolute atomic E-state index is 0. The number of H-pyrrole nitrogens is 1. The predicted octanol–water partition coefficient (Wildman–Crippen LogP) is 3.14. The van der Waals surface area contributed by atoms with E-state index in [4.69, 9.17) is 4.74 Å². The lowest BCUT2D eigenvalue weighted by molar-refractivity contribution is 0.0410. The molecule has 1 aliphatic rings. The third-order valence-corrected chi connectivity index (χ3v) is 3.97. The van der Waals surface area contributed by atoms with Gasteiger partial charge in [-0.3, -0.25) is 4.90 Å². The summed E-state index contributed by atoms with van der Waals surface area (Å²) in [5.74, 6) is 1.07. The van der Waals surface area contributed by atoms with Crippen LogP contribution in [-0.2, 0) is 4.74 Å². The molecule has 3 rings (SSSR count). The molecule has 0 saturated carbocycles. The fraction of sp³-hybridized carbons (Fsp3) is 0.462. The maximum Gasteiger partial charge on any atom is 0.166 e. The Morgan fingerprint density at radius 1 is 1.20 bits per heavy atom. The molecule has 0 spiro atoms. The molecule has 7 heteroatoms. The predicted molar refractivity (Wildman–Crippen MR) is 94.7 cm³/mol. The molecule has 4 nitrogen and oxygen atoms in total. The van der Waals surface area contributed by atoms with Gasteiger partial charge < -0.3 is 9.72 Å². The molecule has 0 bridgehead atoms. The lowest BCUT2D eigenvalue weighted by Crippen LogP contribution is -2.37. The van der Waals surface area contributed by atoms with Gasteiger partial charge in [0.1, 0.15) is 0 Å². The van der Waals surface area contributed by atoms with E-state index < -0.39 is 0 Å². The first-order chi connectivity index (χ1) is 8.92. The Balaban J connectivity index is 0.000001000. The molecule has 0 unspecified atom stereocenters. The molecule has 0 aliphatic carbocycles. The van der Waals surface area contributed by atoms with Crippen molar-refractivity contribution in [1.29, 1.82) is 0 Å². The van der Waals surface area contributed by atoms with Gasteiger partial charge in [0.05, 0.1) is 24.2 Å². The van der Waals surface area contributed by atoms with Gasteiger partial charge in [-0.1, -0.05) is 23.9 Å². The summed E-state index contributed by atoms with van der Waals surface area (Å²) < 4.78 is 5.34. The van der Waals surface area contributed by atoms with Crippen LogP contribution >= 0.6 is 45.7 Å². The molecule has 1 N–H and O–H groups in total. The van der Waals surface area contributed by atoms with Crippen LogP contribution in [-0.4, -0.2) is 53.5 Å². The van der Waals surface area contributed by atoms with E-state index in [2.05, 4.69) is 20.9 Å². The lowest BCUT2D eigenvalue weighted by atomic mass is 10.3. The topological polar surface area (TPSA) is 41.2 Å². The number of fused-ring (bicyclic) bond motifs is 1. The Morgan fingerprint density at radius 3 is 2.70 bits per heavy atom. The van der Waals surface area contributed by atoms with Crippen molar-refractivity contribution in [2.75, 3.05) is 38.6 Å². The molecule has 0 radical (unpaired) electrons. The monoisotopic (exact) mass is 423 g/mol. The molecule has 1 saturated heterocycles. The molecule has 1 aromatic heterocycles. The number of aromatic amines is 1. The third-order valence-electron chi connectivity index (χ3n) is 3.12. The quantitative estimate of drug-likeness (QED) is 0.765. The number of nitrogens with one attached hydrogen (secondary N) is 1. The number of para-hydroxylation sites is 2. The second-order valence-corrected chi connectivity index (χ2v) is 5.45. The van der Waals surface area contributed by atoms with E-state index in [1.165, 1.54) is 0 Å². The van der Waals surface area contributed by atoms with E-state index in [0.717, 1.165) is 54.8 Å². The summed E-state index contributed by atoms with van der Waals surface area (Å²) in [6.07, 6.45) is 0. The second-order valence-electron chi connectivity index (χ2n) is 4.36. The van der Waals surface area contributed by atoms with Gasteiger partial charge in [0.25, 0.3) is 0 Å². The zero-order valence-electron chi connectivity index (χ0n) is 11.1. The normalized spacial score (nSPS) is 15.6. The molecule has 2 heterocycles. The summed E-state index contributed by atoms with van der Waals surface area (Å²) in [6.45, 7) is 4.96. The summed E-state index contributed by atoms with van der Waals surface area (Å²) in [6, 6.07) is 8.15. The van der Waals surface area contributed by atoms with Crippen LogP contribution in [0.15, 0.2) is 29.4 Å². The third kappa shape index (κ3) is 4.73. The van der Waals surface area contributed by atoms with Crippen LogP contribution in [0.5, 0.6) is 0 Å². The van der Waals surface area contributed by atoms with E-state index in [1.807, 2.05) is 18.2 Å². The van der Waals surface area contributed by atoms with E-state index >= 15 is 0 Å². The smallest absolute Gasteiger partial charge is 0.166 e. The number of ether oxygens (including phenoxy) is 1. The van der Waals surface area contributed by atoms with Gasteiger partial charge in [0, 0.05) is 25.4 Å². The van der Waals surface area contributed by atoms with Gasteiger partial charge in [-0.25, -0.2) is 4.98 Å². The zero-order valence-corrected chi connectivity index (χ0v) is 15.3.